The van der Waals surface area contributed by atoms with Crippen LogP contribution in [0.2, 0.25) is 0 Å². The van der Waals surface area contributed by atoms with Crippen molar-refractivity contribution in [2.75, 3.05) is 7.11 Å². The monoisotopic (exact) mass is 403 g/mol. The van der Waals surface area contributed by atoms with Crippen LogP contribution in [-0.2, 0) is 6.54 Å². The number of hydrogen-bond donors (Lipinski definition) is 1. The Morgan fingerprint density at radius 2 is 2.05 bits per heavy atom. The molecule has 0 aliphatic rings. The highest BCUT2D eigenvalue weighted by Gasteiger charge is 2.09. The number of halogens is 2. The van der Waals surface area contributed by atoms with Gasteiger partial charge in [-0.2, -0.15) is 0 Å². The van der Waals surface area contributed by atoms with Crippen LogP contribution in [0.5, 0.6) is 5.75 Å². The molecule has 0 bridgehead atoms. The number of benzene rings is 1. The van der Waals surface area contributed by atoms with Crippen molar-refractivity contribution in [2.24, 2.45) is 0 Å². The molecule has 2 rings (SSSR count). The van der Waals surface area contributed by atoms with Gasteiger partial charge in [-0.05, 0) is 67.9 Å². The summed E-state index contributed by atoms with van der Waals surface area (Å²) < 4.78 is 7.40. The summed E-state index contributed by atoms with van der Waals surface area (Å²) in [6.07, 6.45) is 0. The van der Waals surface area contributed by atoms with Gasteiger partial charge >= 0.3 is 0 Å². The Balaban J connectivity index is 2.02. The first kappa shape index (κ1) is 15.0. The summed E-state index contributed by atoms with van der Waals surface area (Å²) in [4.78, 5) is 1.32. The Kier molecular flexibility index (Phi) is 5.45. The molecule has 0 radical (unpaired) electrons. The first-order chi connectivity index (χ1) is 9.11. The van der Waals surface area contributed by atoms with Crippen molar-refractivity contribution in [3.8, 4) is 5.75 Å². The van der Waals surface area contributed by atoms with E-state index < -0.39 is 0 Å². The molecule has 1 atom stereocenters. The lowest BCUT2D eigenvalue weighted by Crippen LogP contribution is -2.17. The lowest BCUT2D eigenvalue weighted by molar-refractivity contribution is 0.411. The van der Waals surface area contributed by atoms with Crippen LogP contribution in [-0.4, -0.2) is 7.11 Å². The van der Waals surface area contributed by atoms with Crippen LogP contribution >= 0.6 is 43.2 Å². The van der Waals surface area contributed by atoms with Crippen molar-refractivity contribution in [1.29, 1.82) is 0 Å². The van der Waals surface area contributed by atoms with Gasteiger partial charge in [0, 0.05) is 21.9 Å². The highest BCUT2D eigenvalue weighted by molar-refractivity contribution is 9.10. The van der Waals surface area contributed by atoms with E-state index in [4.69, 9.17) is 4.74 Å². The number of methoxy groups -OCH3 is 1. The van der Waals surface area contributed by atoms with E-state index in [-0.39, 0.29) is 6.04 Å². The summed E-state index contributed by atoms with van der Waals surface area (Å²) >= 11 is 8.83. The van der Waals surface area contributed by atoms with Crippen LogP contribution < -0.4 is 10.1 Å². The topological polar surface area (TPSA) is 21.3 Å². The highest BCUT2D eigenvalue weighted by Crippen LogP contribution is 2.28. The lowest BCUT2D eigenvalue weighted by atomic mass is 10.1. The Bertz CT molecular complexity index is 556. The van der Waals surface area contributed by atoms with Crippen LogP contribution in [0.3, 0.4) is 0 Å². The minimum atomic E-state index is 0.288. The number of ether oxygens (including phenoxy) is 1. The van der Waals surface area contributed by atoms with Gasteiger partial charge in [-0.3, -0.25) is 0 Å². The predicted molar refractivity (Wildman–Crippen MR) is 88.0 cm³/mol. The summed E-state index contributed by atoms with van der Waals surface area (Å²) in [5.41, 5.74) is 1.24. The third kappa shape index (κ3) is 3.81. The molecule has 1 aromatic heterocycles. The quantitative estimate of drug-likeness (QED) is 0.745. The SMILES string of the molecule is COc1ccc(C(C)NCc2sccc2Br)cc1Br. The summed E-state index contributed by atoms with van der Waals surface area (Å²) in [7, 11) is 1.68. The van der Waals surface area contributed by atoms with Gasteiger partial charge < -0.3 is 10.1 Å². The van der Waals surface area contributed by atoms with Crippen molar-refractivity contribution >= 4 is 43.2 Å². The number of hydrogen-bond acceptors (Lipinski definition) is 3. The molecule has 0 fully saturated rings. The first-order valence-electron chi connectivity index (χ1n) is 5.90. The Morgan fingerprint density at radius 3 is 2.63 bits per heavy atom. The van der Waals surface area contributed by atoms with Crippen LogP contribution in [0.1, 0.15) is 23.4 Å². The van der Waals surface area contributed by atoms with Gasteiger partial charge in [-0.15, -0.1) is 11.3 Å². The molecule has 0 amide bonds. The second kappa shape index (κ2) is 6.88. The van der Waals surface area contributed by atoms with Gasteiger partial charge in [0.05, 0.1) is 11.6 Å². The standard InChI is InChI=1S/C14H15Br2NOS/c1-9(17-8-14-11(15)5-6-19-14)10-3-4-13(18-2)12(16)7-10/h3-7,9,17H,8H2,1-2H3. The van der Waals surface area contributed by atoms with Crippen molar-refractivity contribution in [2.45, 2.75) is 19.5 Å². The van der Waals surface area contributed by atoms with Crippen LogP contribution in [0.15, 0.2) is 38.6 Å². The Hall–Kier alpha value is -0.360. The Labute approximate surface area is 134 Å². The van der Waals surface area contributed by atoms with E-state index in [2.05, 4.69) is 67.7 Å². The highest BCUT2D eigenvalue weighted by atomic mass is 79.9. The van der Waals surface area contributed by atoms with E-state index >= 15 is 0 Å². The van der Waals surface area contributed by atoms with Crippen molar-refractivity contribution in [1.82, 2.24) is 5.32 Å². The van der Waals surface area contributed by atoms with E-state index in [1.807, 2.05) is 6.07 Å². The molecule has 102 valence electrons. The molecule has 0 aliphatic carbocycles. The summed E-state index contributed by atoms with van der Waals surface area (Å²) in [6, 6.07) is 8.54. The third-order valence-corrected chi connectivity index (χ3v) is 5.48. The molecule has 0 saturated carbocycles. The molecule has 2 aromatic rings. The molecule has 1 unspecified atom stereocenters. The van der Waals surface area contributed by atoms with Gasteiger partial charge in [-0.25, -0.2) is 0 Å². The van der Waals surface area contributed by atoms with Gasteiger partial charge in [0.25, 0.3) is 0 Å². The van der Waals surface area contributed by atoms with Crippen LogP contribution in [0.25, 0.3) is 0 Å². The minimum Gasteiger partial charge on any atom is -0.496 e. The van der Waals surface area contributed by atoms with Crippen molar-refractivity contribution in [3.05, 3.63) is 49.0 Å². The molecule has 0 saturated heterocycles. The van der Waals surface area contributed by atoms with Crippen molar-refractivity contribution < 1.29 is 4.74 Å². The molecular formula is C14H15Br2NOS. The molecule has 0 aliphatic heterocycles. The van der Waals surface area contributed by atoms with E-state index in [9.17, 15) is 0 Å². The normalized spacial score (nSPS) is 12.4. The average molecular weight is 405 g/mol. The van der Waals surface area contributed by atoms with Crippen LogP contribution in [0, 0.1) is 0 Å². The fourth-order valence-electron chi connectivity index (χ4n) is 1.77. The number of thiophene rings is 1. The molecule has 1 N–H and O–H groups in total. The van der Waals surface area contributed by atoms with Gasteiger partial charge in [-0.1, -0.05) is 6.07 Å². The predicted octanol–water partition coefficient (Wildman–Crippen LogP) is 5.13. The summed E-state index contributed by atoms with van der Waals surface area (Å²) in [5, 5.41) is 5.62. The Morgan fingerprint density at radius 1 is 1.26 bits per heavy atom. The minimum absolute atomic E-state index is 0.288. The summed E-state index contributed by atoms with van der Waals surface area (Å²) in [6.45, 7) is 3.03. The molecule has 1 heterocycles. The van der Waals surface area contributed by atoms with Crippen molar-refractivity contribution in [3.63, 3.8) is 0 Å². The van der Waals surface area contributed by atoms with E-state index in [1.54, 1.807) is 18.4 Å². The average Bonchev–Trinajstić information content (AvgIpc) is 2.81. The smallest absolute Gasteiger partial charge is 0.133 e. The van der Waals surface area contributed by atoms with E-state index in [1.165, 1.54) is 14.9 Å². The van der Waals surface area contributed by atoms with Gasteiger partial charge in [0.15, 0.2) is 0 Å². The molecule has 19 heavy (non-hydrogen) atoms. The van der Waals surface area contributed by atoms with E-state index in [0.29, 0.717) is 0 Å². The zero-order chi connectivity index (χ0) is 13.8. The molecular weight excluding hydrogens is 390 g/mol. The molecule has 2 nitrogen and oxygen atoms in total. The second-order valence-electron chi connectivity index (χ2n) is 4.19. The first-order valence-corrected chi connectivity index (χ1v) is 8.37. The number of nitrogens with one attached hydrogen (secondary N) is 1. The zero-order valence-electron chi connectivity index (χ0n) is 10.7. The molecule has 1 aromatic carbocycles. The maximum Gasteiger partial charge on any atom is 0.133 e. The fourth-order valence-corrected chi connectivity index (χ4v) is 3.77. The largest absolute Gasteiger partial charge is 0.496 e. The third-order valence-electron chi connectivity index (χ3n) is 2.94. The van der Waals surface area contributed by atoms with Gasteiger partial charge in [0.1, 0.15) is 5.75 Å². The van der Waals surface area contributed by atoms with Gasteiger partial charge in [0.2, 0.25) is 0 Å². The lowest BCUT2D eigenvalue weighted by Gasteiger charge is -2.15. The second-order valence-corrected chi connectivity index (χ2v) is 6.90. The zero-order valence-corrected chi connectivity index (χ0v) is 14.7. The summed E-state index contributed by atoms with van der Waals surface area (Å²) in [5.74, 6) is 0.858. The fraction of sp³-hybridized carbons (Fsp3) is 0.286. The maximum absolute atomic E-state index is 5.24. The number of rotatable bonds is 5. The van der Waals surface area contributed by atoms with Crippen LogP contribution in [0.4, 0.5) is 0 Å². The van der Waals surface area contributed by atoms with E-state index in [0.717, 1.165) is 16.8 Å². The molecule has 5 heteroatoms. The maximum atomic E-state index is 5.24. The molecule has 0 spiro atoms.